The van der Waals surface area contributed by atoms with Crippen LogP contribution in [-0.4, -0.2) is 25.9 Å². The van der Waals surface area contributed by atoms with Crippen molar-refractivity contribution in [3.8, 4) is 0 Å². The van der Waals surface area contributed by atoms with E-state index in [9.17, 15) is 13.2 Å². The summed E-state index contributed by atoms with van der Waals surface area (Å²) in [6.45, 7) is 0.0498. The topological polar surface area (TPSA) is 88.2 Å². The van der Waals surface area contributed by atoms with Crippen LogP contribution in [0.3, 0.4) is 0 Å². The quantitative estimate of drug-likeness (QED) is 0.822. The van der Waals surface area contributed by atoms with E-state index in [1.54, 1.807) is 18.2 Å². The van der Waals surface area contributed by atoms with E-state index in [-0.39, 0.29) is 23.8 Å². The number of carbonyl (C=O) groups is 1. The summed E-state index contributed by atoms with van der Waals surface area (Å²) in [6, 6.07) is 8.10. The van der Waals surface area contributed by atoms with E-state index in [1.165, 1.54) is 34.8 Å². The van der Waals surface area contributed by atoms with E-state index < -0.39 is 10.0 Å². The van der Waals surface area contributed by atoms with E-state index >= 15 is 0 Å². The van der Waals surface area contributed by atoms with Gasteiger partial charge in [0.2, 0.25) is 15.9 Å². The van der Waals surface area contributed by atoms with Crippen LogP contribution in [0.1, 0.15) is 29.8 Å². The van der Waals surface area contributed by atoms with Gasteiger partial charge in [0.1, 0.15) is 0 Å². The molecule has 24 heavy (non-hydrogen) atoms. The van der Waals surface area contributed by atoms with Crippen molar-refractivity contribution >= 4 is 32.4 Å². The molecule has 0 aliphatic heterocycles. The zero-order valence-corrected chi connectivity index (χ0v) is 14.8. The third kappa shape index (κ3) is 4.19. The molecular formula is C16H19N3O3S2. The molecule has 0 unspecified atom stereocenters. The van der Waals surface area contributed by atoms with Gasteiger partial charge in [0.05, 0.1) is 10.6 Å². The number of hydrogen-bond acceptors (Lipinski definition) is 5. The molecule has 1 amide bonds. The van der Waals surface area contributed by atoms with Gasteiger partial charge < -0.3 is 5.32 Å². The van der Waals surface area contributed by atoms with Gasteiger partial charge in [-0.05, 0) is 37.8 Å². The van der Waals surface area contributed by atoms with E-state index in [0.717, 1.165) is 25.0 Å². The summed E-state index contributed by atoms with van der Waals surface area (Å²) in [7, 11) is -3.57. The maximum atomic E-state index is 12.1. The normalized spacial score (nSPS) is 14.2. The molecule has 2 N–H and O–H groups in total. The van der Waals surface area contributed by atoms with Crippen LogP contribution < -0.4 is 10.0 Å². The number of hydrogen-bond donors (Lipinski definition) is 2. The summed E-state index contributed by atoms with van der Waals surface area (Å²) in [6.07, 6.45) is 4.38. The Morgan fingerprint density at radius 2 is 1.92 bits per heavy atom. The first-order valence-corrected chi connectivity index (χ1v) is 10.2. The van der Waals surface area contributed by atoms with E-state index in [1.807, 2.05) is 0 Å². The van der Waals surface area contributed by atoms with Crippen LogP contribution >= 0.6 is 11.3 Å². The third-order valence-corrected chi connectivity index (χ3v) is 6.34. The maximum Gasteiger partial charge on any atom is 0.240 e. The van der Waals surface area contributed by atoms with Crippen LogP contribution in [0.5, 0.6) is 0 Å². The van der Waals surface area contributed by atoms with Gasteiger partial charge in [0.15, 0.2) is 5.13 Å². The Labute approximate surface area is 145 Å². The van der Waals surface area contributed by atoms with Crippen molar-refractivity contribution < 1.29 is 13.2 Å². The monoisotopic (exact) mass is 365 g/mol. The largest absolute Gasteiger partial charge is 0.302 e. The number of sulfonamides is 1. The van der Waals surface area contributed by atoms with Crippen molar-refractivity contribution in [1.82, 2.24) is 9.71 Å². The fraction of sp³-hybridized carbons (Fsp3) is 0.375. The number of thiazole rings is 1. The highest BCUT2D eigenvalue weighted by Gasteiger charge is 2.17. The molecule has 0 bridgehead atoms. The molecule has 0 radical (unpaired) electrons. The lowest BCUT2D eigenvalue weighted by atomic mass is 10.0. The average Bonchev–Trinajstić information content (AvgIpc) is 2.97. The van der Waals surface area contributed by atoms with Crippen molar-refractivity contribution in [2.24, 2.45) is 0 Å². The lowest BCUT2D eigenvalue weighted by molar-refractivity contribution is -0.116. The van der Waals surface area contributed by atoms with Crippen LogP contribution in [0.2, 0.25) is 0 Å². The standard InChI is InChI=1S/C16H19N3O3S2/c20-15(19-16-18-13-8-4-5-9-14(13)23-16)10-11-17-24(21,22)12-6-2-1-3-7-12/h1-3,6-7,17H,4-5,8-11H2,(H,18,19,20). The van der Waals surface area contributed by atoms with Crippen molar-refractivity contribution in [2.45, 2.75) is 37.0 Å². The lowest BCUT2D eigenvalue weighted by Crippen LogP contribution is -2.27. The minimum absolute atomic E-state index is 0.0498. The summed E-state index contributed by atoms with van der Waals surface area (Å²) in [5, 5.41) is 3.37. The molecule has 1 aliphatic rings. The molecule has 3 rings (SSSR count). The molecule has 1 aliphatic carbocycles. The van der Waals surface area contributed by atoms with Crippen LogP contribution in [-0.2, 0) is 27.7 Å². The number of carbonyl (C=O) groups excluding carboxylic acids is 1. The minimum Gasteiger partial charge on any atom is -0.302 e. The zero-order chi connectivity index (χ0) is 17.0. The molecule has 8 heteroatoms. The van der Waals surface area contributed by atoms with Crippen LogP contribution in [0.25, 0.3) is 0 Å². The highest BCUT2D eigenvalue weighted by atomic mass is 32.2. The SMILES string of the molecule is O=C(CCNS(=O)(=O)c1ccccc1)Nc1nc2c(s1)CCCC2. The third-order valence-electron chi connectivity index (χ3n) is 3.79. The predicted molar refractivity (Wildman–Crippen MR) is 93.6 cm³/mol. The van der Waals surface area contributed by atoms with Gasteiger partial charge in [-0.1, -0.05) is 18.2 Å². The van der Waals surface area contributed by atoms with Crippen LogP contribution in [0, 0.1) is 0 Å². The maximum absolute atomic E-state index is 12.1. The highest BCUT2D eigenvalue weighted by molar-refractivity contribution is 7.89. The zero-order valence-electron chi connectivity index (χ0n) is 13.1. The van der Waals surface area contributed by atoms with Gasteiger partial charge in [0, 0.05) is 17.8 Å². The molecular weight excluding hydrogens is 346 g/mol. The first-order chi connectivity index (χ1) is 11.5. The molecule has 0 spiro atoms. The fourth-order valence-electron chi connectivity index (χ4n) is 2.57. The first-order valence-electron chi connectivity index (χ1n) is 7.88. The fourth-order valence-corrected chi connectivity index (χ4v) is 4.69. The summed E-state index contributed by atoms with van der Waals surface area (Å²) >= 11 is 1.52. The second-order valence-corrected chi connectivity index (χ2v) is 8.46. The number of nitrogens with one attached hydrogen (secondary N) is 2. The Kier molecular flexibility index (Phi) is 5.27. The number of fused-ring (bicyclic) bond motifs is 1. The summed E-state index contributed by atoms with van der Waals surface area (Å²) < 4.78 is 26.5. The molecule has 0 saturated heterocycles. The van der Waals surface area contributed by atoms with Crippen LogP contribution in [0.4, 0.5) is 5.13 Å². The van der Waals surface area contributed by atoms with Crippen molar-refractivity contribution in [2.75, 3.05) is 11.9 Å². The molecule has 6 nitrogen and oxygen atoms in total. The number of rotatable bonds is 6. The first kappa shape index (κ1) is 17.1. The van der Waals surface area contributed by atoms with Gasteiger partial charge >= 0.3 is 0 Å². The number of anilines is 1. The van der Waals surface area contributed by atoms with E-state index in [4.69, 9.17) is 0 Å². The van der Waals surface area contributed by atoms with Gasteiger partial charge in [-0.2, -0.15) is 0 Å². The summed E-state index contributed by atoms with van der Waals surface area (Å²) in [5.41, 5.74) is 1.09. The van der Waals surface area contributed by atoms with Gasteiger partial charge in [-0.25, -0.2) is 18.1 Å². The minimum atomic E-state index is -3.57. The van der Waals surface area contributed by atoms with Crippen molar-refractivity contribution in [3.63, 3.8) is 0 Å². The van der Waals surface area contributed by atoms with Gasteiger partial charge in [-0.3, -0.25) is 4.79 Å². The van der Waals surface area contributed by atoms with E-state index in [0.29, 0.717) is 5.13 Å². The van der Waals surface area contributed by atoms with Crippen molar-refractivity contribution in [3.05, 3.63) is 40.9 Å². The Morgan fingerprint density at radius 3 is 2.67 bits per heavy atom. The van der Waals surface area contributed by atoms with E-state index in [2.05, 4.69) is 15.0 Å². The number of nitrogens with zero attached hydrogens (tertiary/aromatic N) is 1. The number of benzene rings is 1. The number of aromatic nitrogens is 1. The predicted octanol–water partition coefficient (Wildman–Crippen LogP) is 2.33. The second kappa shape index (κ2) is 7.42. The average molecular weight is 365 g/mol. The summed E-state index contributed by atoms with van der Waals surface area (Å²) in [4.78, 5) is 17.9. The molecule has 128 valence electrons. The lowest BCUT2D eigenvalue weighted by Gasteiger charge is -2.06. The Morgan fingerprint density at radius 1 is 1.17 bits per heavy atom. The molecule has 0 fully saturated rings. The Hall–Kier alpha value is -1.77. The Balaban J connectivity index is 1.50. The molecule has 1 heterocycles. The van der Waals surface area contributed by atoms with Gasteiger partial charge in [0.25, 0.3) is 0 Å². The second-order valence-electron chi connectivity index (χ2n) is 5.60. The smallest absolute Gasteiger partial charge is 0.240 e. The molecule has 1 aromatic heterocycles. The van der Waals surface area contributed by atoms with Crippen molar-refractivity contribution in [1.29, 1.82) is 0 Å². The number of aryl methyl sites for hydroxylation is 2. The molecule has 1 aromatic carbocycles. The highest BCUT2D eigenvalue weighted by Crippen LogP contribution is 2.29. The van der Waals surface area contributed by atoms with Crippen LogP contribution in [0.15, 0.2) is 35.2 Å². The Bertz CT molecular complexity index is 793. The molecule has 0 saturated carbocycles. The molecule has 2 aromatic rings. The summed E-state index contributed by atoms with van der Waals surface area (Å²) in [5.74, 6) is -0.239. The number of amides is 1. The van der Waals surface area contributed by atoms with Gasteiger partial charge in [-0.15, -0.1) is 11.3 Å². The molecule has 0 atom stereocenters.